The minimum absolute atomic E-state index is 0. The Morgan fingerprint density at radius 2 is 1.62 bits per heavy atom. The van der Waals surface area contributed by atoms with Gasteiger partial charge in [-0.25, -0.2) is 0 Å². The summed E-state index contributed by atoms with van der Waals surface area (Å²) in [5.74, 6) is 0. The van der Waals surface area contributed by atoms with Gasteiger partial charge in [-0.2, -0.15) is 12.8 Å². The molecular weight excluding hydrogens is 268 g/mol. The second-order valence-corrected chi connectivity index (χ2v) is 1.48. The van der Waals surface area contributed by atoms with Crippen LogP contribution in [-0.2, 0) is 24.2 Å². The summed E-state index contributed by atoms with van der Waals surface area (Å²) >= 11 is 0. The summed E-state index contributed by atoms with van der Waals surface area (Å²) in [5.41, 5.74) is 0. The Bertz CT molecular complexity index is 27.9. The molecule has 0 amide bonds. The van der Waals surface area contributed by atoms with E-state index in [-0.39, 0.29) is 43.5 Å². The molecule has 0 atom stereocenters. The van der Waals surface area contributed by atoms with Gasteiger partial charge in [-0.15, -0.1) is 24.0 Å². The smallest absolute Gasteiger partial charge is 0.0195 e. The van der Waals surface area contributed by atoms with Crippen LogP contribution in [0.2, 0.25) is 0 Å². The Balaban J connectivity index is 0. The monoisotopic (exact) mass is 277 g/mol. The van der Waals surface area contributed by atoms with Gasteiger partial charge in [0.25, 0.3) is 0 Å². The molecule has 0 aromatic carbocycles. The molecule has 0 spiro atoms. The van der Waals surface area contributed by atoms with Crippen molar-refractivity contribution in [2.45, 2.75) is 12.8 Å². The molecule has 46 valence electrons. The van der Waals surface area contributed by atoms with E-state index in [0.29, 0.717) is 0 Å². The summed E-state index contributed by atoms with van der Waals surface area (Å²) in [4.78, 5) is 0. The van der Waals surface area contributed by atoms with Gasteiger partial charge in [-0.05, 0) is 0 Å². The van der Waals surface area contributed by atoms with Gasteiger partial charge in [0.15, 0.2) is 0 Å². The molecule has 1 aliphatic heterocycles. The molecular formula is C5H10IOZn-. The van der Waals surface area contributed by atoms with E-state index in [9.17, 15) is 0 Å². The maximum absolute atomic E-state index is 5.04. The molecule has 0 unspecified atom stereocenters. The molecule has 0 aromatic rings. The Hall–Kier alpha value is 1.31. The van der Waals surface area contributed by atoms with Crippen molar-refractivity contribution in [1.82, 2.24) is 0 Å². The van der Waals surface area contributed by atoms with Gasteiger partial charge in [0.2, 0.25) is 0 Å². The van der Waals surface area contributed by atoms with Crippen LogP contribution in [0.15, 0.2) is 0 Å². The van der Waals surface area contributed by atoms with Gasteiger partial charge in [-0.3, -0.25) is 0 Å². The third-order valence-electron chi connectivity index (χ3n) is 0.933. The quantitative estimate of drug-likeness (QED) is 0.372. The first-order valence-corrected chi connectivity index (χ1v) is 2.39. The zero-order valence-corrected chi connectivity index (χ0v) is 10.2. The van der Waals surface area contributed by atoms with Gasteiger partial charge in [-0.1, -0.05) is 0 Å². The molecule has 1 aliphatic rings. The van der Waals surface area contributed by atoms with E-state index < -0.39 is 0 Å². The third-order valence-corrected chi connectivity index (χ3v) is 0.933. The Labute approximate surface area is 80.3 Å². The molecule has 0 bridgehead atoms. The Morgan fingerprint density at radius 1 is 1.12 bits per heavy atom. The largest absolute Gasteiger partial charge is 0.387 e. The van der Waals surface area contributed by atoms with Crippen LogP contribution in [0.1, 0.15) is 12.8 Å². The van der Waals surface area contributed by atoms with E-state index in [2.05, 4.69) is 6.42 Å². The average molecular weight is 278 g/mol. The fraction of sp³-hybridized carbons (Fsp3) is 0.800. The van der Waals surface area contributed by atoms with Crippen LogP contribution < -0.4 is 0 Å². The van der Waals surface area contributed by atoms with Crippen molar-refractivity contribution in [3.8, 4) is 0 Å². The van der Waals surface area contributed by atoms with Crippen LogP contribution in [0.3, 0.4) is 0 Å². The maximum atomic E-state index is 5.04. The van der Waals surface area contributed by atoms with Crippen LogP contribution >= 0.6 is 24.0 Å². The average Bonchev–Trinajstić information content (AvgIpc) is 1.72. The SMILES string of the molecule is I.[CH-]1CCOCC1.[Zn]. The summed E-state index contributed by atoms with van der Waals surface area (Å²) in [6.45, 7) is 1.89. The van der Waals surface area contributed by atoms with E-state index >= 15 is 0 Å². The molecule has 8 heavy (non-hydrogen) atoms. The van der Waals surface area contributed by atoms with Gasteiger partial charge >= 0.3 is 0 Å². The third kappa shape index (κ3) is 5.45. The van der Waals surface area contributed by atoms with Crippen molar-refractivity contribution in [3.05, 3.63) is 6.42 Å². The van der Waals surface area contributed by atoms with Crippen LogP contribution in [0.5, 0.6) is 0 Å². The maximum Gasteiger partial charge on any atom is 0.0195 e. The summed E-state index contributed by atoms with van der Waals surface area (Å²) in [5, 5.41) is 0. The molecule has 0 N–H and O–H groups in total. The van der Waals surface area contributed by atoms with Crippen LogP contribution in [0.25, 0.3) is 0 Å². The minimum Gasteiger partial charge on any atom is -0.387 e. The van der Waals surface area contributed by atoms with Gasteiger partial charge < -0.3 is 11.2 Å². The summed E-state index contributed by atoms with van der Waals surface area (Å²) in [6, 6.07) is 0. The van der Waals surface area contributed by atoms with Crippen molar-refractivity contribution in [2.75, 3.05) is 13.2 Å². The first kappa shape index (κ1) is 12.0. The number of hydrogen-bond donors (Lipinski definition) is 0. The molecule has 3 heteroatoms. The van der Waals surface area contributed by atoms with E-state index in [1.807, 2.05) is 0 Å². The topological polar surface area (TPSA) is 9.23 Å². The van der Waals surface area contributed by atoms with Crippen molar-refractivity contribution in [3.63, 3.8) is 0 Å². The first-order valence-electron chi connectivity index (χ1n) is 2.39. The van der Waals surface area contributed by atoms with Crippen LogP contribution in [-0.4, -0.2) is 13.2 Å². The van der Waals surface area contributed by atoms with Gasteiger partial charge in [0.1, 0.15) is 0 Å². The predicted molar refractivity (Wildman–Crippen MR) is 39.8 cm³/mol. The van der Waals surface area contributed by atoms with Crippen molar-refractivity contribution < 1.29 is 24.2 Å². The normalized spacial score (nSPS) is 18.0. The molecule has 1 heterocycles. The molecule has 1 nitrogen and oxygen atoms in total. The number of hydrogen-bond acceptors (Lipinski definition) is 1. The molecule has 0 radical (unpaired) electrons. The van der Waals surface area contributed by atoms with Crippen LogP contribution in [0, 0.1) is 6.42 Å². The Kier molecular flexibility index (Phi) is 12.5. The second kappa shape index (κ2) is 8.31. The van der Waals surface area contributed by atoms with Crippen molar-refractivity contribution >= 4 is 24.0 Å². The van der Waals surface area contributed by atoms with Gasteiger partial charge in [0.05, 0.1) is 0 Å². The fourth-order valence-corrected chi connectivity index (χ4v) is 0.580. The second-order valence-electron chi connectivity index (χ2n) is 1.48. The van der Waals surface area contributed by atoms with Crippen molar-refractivity contribution in [1.29, 1.82) is 0 Å². The van der Waals surface area contributed by atoms with Gasteiger partial charge in [0, 0.05) is 32.7 Å². The standard InChI is InChI=1S/C5H9O.HI.Zn/c1-2-4-6-5-3-1;;/h1H,2-5H2;1H;/q-1;;. The van der Waals surface area contributed by atoms with E-state index in [1.165, 1.54) is 0 Å². The molecule has 0 saturated carbocycles. The van der Waals surface area contributed by atoms with E-state index in [0.717, 1.165) is 26.1 Å². The molecule has 1 saturated heterocycles. The summed E-state index contributed by atoms with van der Waals surface area (Å²) in [6.07, 6.45) is 4.57. The zero-order valence-electron chi connectivity index (χ0n) is 4.93. The summed E-state index contributed by atoms with van der Waals surface area (Å²) < 4.78 is 5.04. The summed E-state index contributed by atoms with van der Waals surface area (Å²) in [7, 11) is 0. The predicted octanol–water partition coefficient (Wildman–Crippen LogP) is 1.62. The number of halogens is 1. The first-order chi connectivity index (χ1) is 3.00. The molecule has 0 aromatic heterocycles. The number of rotatable bonds is 0. The Morgan fingerprint density at radius 3 is 1.75 bits per heavy atom. The van der Waals surface area contributed by atoms with E-state index in [4.69, 9.17) is 4.74 Å². The molecule has 0 aliphatic carbocycles. The fourth-order valence-electron chi connectivity index (χ4n) is 0.580. The zero-order chi connectivity index (χ0) is 4.24. The van der Waals surface area contributed by atoms with Crippen LogP contribution in [0.4, 0.5) is 0 Å². The number of ether oxygens (including phenoxy) is 1. The molecule has 1 fully saturated rings. The van der Waals surface area contributed by atoms with E-state index in [1.54, 1.807) is 0 Å². The van der Waals surface area contributed by atoms with Crippen molar-refractivity contribution in [2.24, 2.45) is 0 Å². The molecule has 1 rings (SSSR count). The minimum atomic E-state index is 0.